The lowest BCUT2D eigenvalue weighted by Crippen LogP contribution is -2.30. The van der Waals surface area contributed by atoms with Crippen molar-refractivity contribution in [2.45, 2.75) is 39.5 Å². The van der Waals surface area contributed by atoms with Crippen molar-refractivity contribution in [2.24, 2.45) is 0 Å². The Kier molecular flexibility index (Phi) is 7.53. The predicted octanol–water partition coefficient (Wildman–Crippen LogP) is 5.13. The van der Waals surface area contributed by atoms with Crippen LogP contribution in [-0.4, -0.2) is 37.0 Å². The van der Waals surface area contributed by atoms with Crippen LogP contribution in [0.1, 0.15) is 37.3 Å². The van der Waals surface area contributed by atoms with E-state index in [0.29, 0.717) is 11.3 Å². The van der Waals surface area contributed by atoms with Gasteiger partial charge in [0.1, 0.15) is 11.5 Å². The molecule has 0 spiro atoms. The first-order valence-electron chi connectivity index (χ1n) is 9.31. The Balaban J connectivity index is 2.36. The number of phenolic OH excluding ortho intramolecular Hbond substituents is 1. The molecule has 0 heterocycles. The maximum atomic E-state index is 11.6. The maximum absolute atomic E-state index is 11.6. The summed E-state index contributed by atoms with van der Waals surface area (Å²) >= 11 is 0. The third-order valence-corrected chi connectivity index (χ3v) is 4.42. The minimum atomic E-state index is -0.476. The number of hydrogen-bond donors (Lipinski definition) is 1. The number of ether oxygens (including phenoxy) is 2. The lowest BCUT2D eigenvalue weighted by atomic mass is 9.98. The second-order valence-corrected chi connectivity index (χ2v) is 6.76. The fraction of sp³-hybridized carbons (Fsp3) is 0.409. The van der Waals surface area contributed by atoms with E-state index in [0.717, 1.165) is 42.4 Å². The summed E-state index contributed by atoms with van der Waals surface area (Å²) in [5.74, 6) is 0.744. The van der Waals surface area contributed by atoms with Crippen LogP contribution in [0.15, 0.2) is 36.4 Å². The van der Waals surface area contributed by atoms with Crippen LogP contribution in [0.4, 0.5) is 4.79 Å². The Hall–Kier alpha value is -2.69. The Morgan fingerprint density at radius 1 is 1.19 bits per heavy atom. The van der Waals surface area contributed by atoms with Gasteiger partial charge in [0.15, 0.2) is 6.73 Å². The molecule has 2 aromatic rings. The number of unbranched alkanes of at least 4 members (excludes halogenated alkanes) is 2. The number of rotatable bonds is 8. The molecule has 5 nitrogen and oxygen atoms in total. The van der Waals surface area contributed by atoms with Gasteiger partial charge in [-0.15, -0.1) is 0 Å². The zero-order valence-electron chi connectivity index (χ0n) is 16.6. The van der Waals surface area contributed by atoms with E-state index in [4.69, 9.17) is 9.47 Å². The highest BCUT2D eigenvalue weighted by Gasteiger charge is 2.16. The zero-order valence-corrected chi connectivity index (χ0v) is 16.6. The molecule has 0 saturated carbocycles. The van der Waals surface area contributed by atoms with Gasteiger partial charge in [-0.05, 0) is 43.0 Å². The summed E-state index contributed by atoms with van der Waals surface area (Å²) in [5, 5.41) is 10.7. The SMILES string of the molecule is CCCCCc1cc(O)c(-c2cccc(C)c2)c(OCN(C)C(=O)OC)c1. The molecule has 0 aliphatic carbocycles. The fourth-order valence-corrected chi connectivity index (χ4v) is 2.96. The summed E-state index contributed by atoms with van der Waals surface area (Å²) in [6, 6.07) is 11.7. The summed E-state index contributed by atoms with van der Waals surface area (Å²) < 4.78 is 10.6. The monoisotopic (exact) mass is 371 g/mol. The van der Waals surface area contributed by atoms with Gasteiger partial charge in [0.05, 0.1) is 12.7 Å². The molecule has 0 aromatic heterocycles. The average molecular weight is 371 g/mol. The molecule has 2 rings (SSSR count). The minimum absolute atomic E-state index is 0.0311. The van der Waals surface area contributed by atoms with E-state index in [9.17, 15) is 9.90 Å². The van der Waals surface area contributed by atoms with Crippen molar-refractivity contribution in [3.8, 4) is 22.6 Å². The van der Waals surface area contributed by atoms with Gasteiger partial charge < -0.3 is 14.6 Å². The first-order chi connectivity index (χ1) is 13.0. The number of carbonyl (C=O) groups excluding carboxylic acids is 1. The third kappa shape index (κ3) is 5.64. The standard InChI is InChI=1S/C22H29NO4/c1-5-6-7-10-17-13-19(24)21(18-11-8-9-16(2)12-18)20(14-17)27-15-23(3)22(25)26-4/h8-9,11-14,24H,5-7,10,15H2,1-4H3. The normalized spacial score (nSPS) is 10.5. The van der Waals surface area contributed by atoms with Crippen molar-refractivity contribution in [1.29, 1.82) is 0 Å². The largest absolute Gasteiger partial charge is 0.507 e. The Morgan fingerprint density at radius 3 is 2.63 bits per heavy atom. The molecule has 0 fully saturated rings. The number of aromatic hydroxyl groups is 1. The molecule has 0 bridgehead atoms. The van der Waals surface area contributed by atoms with E-state index in [1.165, 1.54) is 12.0 Å². The second-order valence-electron chi connectivity index (χ2n) is 6.76. The molecule has 1 amide bonds. The van der Waals surface area contributed by atoms with Crippen LogP contribution in [0.3, 0.4) is 0 Å². The molecule has 0 unspecified atom stereocenters. The molecule has 0 saturated heterocycles. The topological polar surface area (TPSA) is 59.0 Å². The van der Waals surface area contributed by atoms with Gasteiger partial charge in [-0.1, -0.05) is 49.6 Å². The van der Waals surface area contributed by atoms with E-state index in [1.54, 1.807) is 7.05 Å². The molecule has 0 aliphatic rings. The van der Waals surface area contributed by atoms with Crippen LogP contribution < -0.4 is 4.74 Å². The fourth-order valence-electron chi connectivity index (χ4n) is 2.96. The number of phenols is 1. The molecule has 2 aromatic carbocycles. The van der Waals surface area contributed by atoms with Crippen LogP contribution in [0, 0.1) is 6.92 Å². The molecule has 27 heavy (non-hydrogen) atoms. The smallest absolute Gasteiger partial charge is 0.411 e. The molecule has 146 valence electrons. The summed E-state index contributed by atoms with van der Waals surface area (Å²) in [6.07, 6.45) is 3.73. The second kappa shape index (κ2) is 9.86. The molecule has 0 atom stereocenters. The number of nitrogens with zero attached hydrogens (tertiary/aromatic N) is 1. The summed E-state index contributed by atoms with van der Waals surface area (Å²) in [4.78, 5) is 12.9. The molecule has 0 aliphatic heterocycles. The quantitative estimate of drug-likeness (QED) is 0.516. The van der Waals surface area contributed by atoms with E-state index < -0.39 is 6.09 Å². The Bertz CT molecular complexity index is 773. The predicted molar refractivity (Wildman–Crippen MR) is 107 cm³/mol. The van der Waals surface area contributed by atoms with E-state index in [1.807, 2.05) is 43.3 Å². The van der Waals surface area contributed by atoms with Crippen molar-refractivity contribution < 1.29 is 19.4 Å². The Labute approximate surface area is 161 Å². The highest BCUT2D eigenvalue weighted by Crippen LogP contribution is 2.39. The number of amides is 1. The number of aryl methyl sites for hydroxylation is 2. The number of benzene rings is 2. The van der Waals surface area contributed by atoms with Gasteiger partial charge in [-0.3, -0.25) is 4.90 Å². The third-order valence-electron chi connectivity index (χ3n) is 4.42. The summed E-state index contributed by atoms with van der Waals surface area (Å²) in [6.45, 7) is 4.20. The van der Waals surface area contributed by atoms with Crippen molar-refractivity contribution in [1.82, 2.24) is 4.90 Å². The van der Waals surface area contributed by atoms with Crippen LogP contribution in [0.25, 0.3) is 11.1 Å². The van der Waals surface area contributed by atoms with Crippen molar-refractivity contribution in [3.05, 3.63) is 47.5 Å². The maximum Gasteiger partial charge on any atom is 0.411 e. The first-order valence-corrected chi connectivity index (χ1v) is 9.31. The summed E-state index contributed by atoms with van der Waals surface area (Å²) in [5.41, 5.74) is 3.63. The molecular weight excluding hydrogens is 342 g/mol. The minimum Gasteiger partial charge on any atom is -0.507 e. The van der Waals surface area contributed by atoms with Crippen LogP contribution in [0.5, 0.6) is 11.5 Å². The van der Waals surface area contributed by atoms with Crippen LogP contribution >= 0.6 is 0 Å². The lowest BCUT2D eigenvalue weighted by molar-refractivity contribution is 0.0983. The van der Waals surface area contributed by atoms with Gasteiger partial charge >= 0.3 is 6.09 Å². The van der Waals surface area contributed by atoms with Gasteiger partial charge in [0.25, 0.3) is 0 Å². The van der Waals surface area contributed by atoms with E-state index in [-0.39, 0.29) is 12.5 Å². The van der Waals surface area contributed by atoms with Gasteiger partial charge in [0, 0.05) is 7.05 Å². The molecule has 0 radical (unpaired) electrons. The van der Waals surface area contributed by atoms with E-state index in [2.05, 4.69) is 6.92 Å². The summed E-state index contributed by atoms with van der Waals surface area (Å²) in [7, 11) is 2.93. The molecule has 1 N–H and O–H groups in total. The lowest BCUT2D eigenvalue weighted by Gasteiger charge is -2.20. The molecule has 5 heteroatoms. The highest BCUT2D eigenvalue weighted by atomic mass is 16.6. The number of hydrogen-bond acceptors (Lipinski definition) is 4. The highest BCUT2D eigenvalue weighted by molar-refractivity contribution is 5.77. The number of methoxy groups -OCH3 is 1. The van der Waals surface area contributed by atoms with Gasteiger partial charge in [0.2, 0.25) is 0 Å². The van der Waals surface area contributed by atoms with Crippen molar-refractivity contribution >= 4 is 6.09 Å². The van der Waals surface area contributed by atoms with Crippen molar-refractivity contribution in [3.63, 3.8) is 0 Å². The Morgan fingerprint density at radius 2 is 1.96 bits per heavy atom. The zero-order chi connectivity index (χ0) is 19.8. The van der Waals surface area contributed by atoms with Crippen LogP contribution in [-0.2, 0) is 11.2 Å². The van der Waals surface area contributed by atoms with Gasteiger partial charge in [-0.2, -0.15) is 0 Å². The average Bonchev–Trinajstić information content (AvgIpc) is 2.65. The van der Waals surface area contributed by atoms with Gasteiger partial charge in [-0.25, -0.2) is 4.79 Å². The first kappa shape index (κ1) is 20.6. The molecular formula is C22H29NO4. The van der Waals surface area contributed by atoms with E-state index >= 15 is 0 Å². The van der Waals surface area contributed by atoms with Crippen molar-refractivity contribution in [2.75, 3.05) is 20.9 Å². The number of carbonyl (C=O) groups is 1. The van der Waals surface area contributed by atoms with Crippen LogP contribution in [0.2, 0.25) is 0 Å².